The van der Waals surface area contributed by atoms with Gasteiger partial charge in [-0.25, -0.2) is 14.8 Å². The molecule has 9 nitrogen and oxygen atoms in total. The van der Waals surface area contributed by atoms with E-state index in [4.69, 9.17) is 4.98 Å². The zero-order chi connectivity index (χ0) is 24.6. The molecule has 2 aliphatic heterocycles. The third-order valence-corrected chi connectivity index (χ3v) is 5.97. The summed E-state index contributed by atoms with van der Waals surface area (Å²) < 4.78 is 0. The number of carbonyl (C=O) groups excluding carboxylic acids is 2. The number of hydrogen-bond donors (Lipinski definition) is 3. The lowest BCUT2D eigenvalue weighted by molar-refractivity contribution is -0.115. The van der Waals surface area contributed by atoms with E-state index in [1.54, 1.807) is 18.3 Å². The van der Waals surface area contributed by atoms with E-state index in [9.17, 15) is 9.59 Å². The van der Waals surface area contributed by atoms with Crippen molar-refractivity contribution in [3.8, 4) is 0 Å². The van der Waals surface area contributed by atoms with Crippen LogP contribution in [0.4, 0.5) is 10.7 Å². The topological polar surface area (TPSA) is 112 Å². The normalized spacial score (nSPS) is 17.2. The number of amides is 3. The van der Waals surface area contributed by atoms with Crippen LogP contribution in [0.3, 0.4) is 0 Å². The number of benzene rings is 1. The van der Waals surface area contributed by atoms with Gasteiger partial charge in [-0.15, -0.1) is 0 Å². The Morgan fingerprint density at radius 3 is 2.60 bits per heavy atom. The van der Waals surface area contributed by atoms with E-state index in [0.29, 0.717) is 17.6 Å². The number of aromatic nitrogens is 3. The van der Waals surface area contributed by atoms with Crippen molar-refractivity contribution in [1.82, 2.24) is 30.9 Å². The summed E-state index contributed by atoms with van der Waals surface area (Å²) in [5.74, 6) is 0.776. The van der Waals surface area contributed by atoms with Crippen LogP contribution in [0, 0.1) is 5.92 Å². The van der Waals surface area contributed by atoms with Crippen LogP contribution in [-0.2, 0) is 11.3 Å². The quantitative estimate of drug-likeness (QED) is 0.372. The standard InChI is InChI=1S/C24H25N7O2.C2H6/c32-22-21(29-24(33)30-22)13-18-7-10-26-23(28-18)31-11-8-16(9-12-31)14-25-15-19-6-5-17-3-1-2-4-20(17)27-19;1-2/h1-7,10,13,16,25H,8-9,11-12,14-15H2,(H2,29,30,32,33);1-2H3/b21-13-;. The van der Waals surface area contributed by atoms with Crippen LogP contribution in [0.2, 0.25) is 0 Å². The number of nitrogens with zero attached hydrogens (tertiary/aromatic N) is 4. The number of rotatable bonds is 6. The average molecular weight is 474 g/mol. The van der Waals surface area contributed by atoms with Crippen molar-refractivity contribution in [3.63, 3.8) is 0 Å². The van der Waals surface area contributed by atoms with Gasteiger partial charge in [-0.2, -0.15) is 0 Å². The van der Waals surface area contributed by atoms with Crippen LogP contribution in [0.1, 0.15) is 38.1 Å². The highest BCUT2D eigenvalue weighted by Gasteiger charge is 2.24. The molecule has 35 heavy (non-hydrogen) atoms. The minimum Gasteiger partial charge on any atom is -0.341 e. The second kappa shape index (κ2) is 11.5. The minimum absolute atomic E-state index is 0.190. The molecule has 0 atom stereocenters. The molecule has 0 saturated carbocycles. The van der Waals surface area contributed by atoms with E-state index in [1.807, 2.05) is 32.0 Å². The molecule has 182 valence electrons. The predicted octanol–water partition coefficient (Wildman–Crippen LogP) is 3.24. The molecule has 2 aliphatic rings. The molecule has 4 heterocycles. The molecule has 0 aliphatic carbocycles. The summed E-state index contributed by atoms with van der Waals surface area (Å²) >= 11 is 0. The van der Waals surface area contributed by atoms with E-state index in [-0.39, 0.29) is 5.70 Å². The van der Waals surface area contributed by atoms with Crippen LogP contribution in [0.5, 0.6) is 0 Å². The molecule has 3 aromatic rings. The maximum atomic E-state index is 11.7. The Morgan fingerprint density at radius 1 is 1.03 bits per heavy atom. The molecular weight excluding hydrogens is 442 g/mol. The largest absolute Gasteiger partial charge is 0.341 e. The number of piperidine rings is 1. The summed E-state index contributed by atoms with van der Waals surface area (Å²) in [5, 5.41) is 9.37. The number of fused-ring (bicyclic) bond motifs is 1. The molecule has 1 aromatic carbocycles. The third kappa shape index (κ3) is 6.19. The average Bonchev–Trinajstić information content (AvgIpc) is 3.22. The first-order chi connectivity index (χ1) is 17.1. The minimum atomic E-state index is -0.521. The van der Waals surface area contributed by atoms with Crippen LogP contribution in [-0.4, -0.2) is 46.5 Å². The fourth-order valence-corrected chi connectivity index (χ4v) is 4.17. The highest BCUT2D eigenvalue weighted by Crippen LogP contribution is 2.21. The molecule has 0 spiro atoms. The molecule has 0 unspecified atom stereocenters. The van der Waals surface area contributed by atoms with Gasteiger partial charge in [0.1, 0.15) is 5.70 Å². The second-order valence-corrected chi connectivity index (χ2v) is 8.30. The molecule has 2 fully saturated rings. The molecule has 2 aromatic heterocycles. The van der Waals surface area contributed by atoms with Crippen LogP contribution < -0.4 is 20.9 Å². The van der Waals surface area contributed by atoms with E-state index >= 15 is 0 Å². The van der Waals surface area contributed by atoms with Crippen molar-refractivity contribution in [2.75, 3.05) is 24.5 Å². The van der Waals surface area contributed by atoms with Crippen LogP contribution >= 0.6 is 0 Å². The number of imide groups is 1. The lowest BCUT2D eigenvalue weighted by Crippen LogP contribution is -2.38. The number of carbonyl (C=O) groups is 2. The van der Waals surface area contributed by atoms with Crippen molar-refractivity contribution in [2.24, 2.45) is 5.92 Å². The van der Waals surface area contributed by atoms with Gasteiger partial charge in [0.2, 0.25) is 5.95 Å². The van der Waals surface area contributed by atoms with Crippen molar-refractivity contribution in [3.05, 3.63) is 65.7 Å². The van der Waals surface area contributed by atoms with Gasteiger partial charge >= 0.3 is 6.03 Å². The Balaban J connectivity index is 0.00000141. The summed E-state index contributed by atoms with van der Waals surface area (Å²) in [6.45, 7) is 7.45. The fourth-order valence-electron chi connectivity index (χ4n) is 4.17. The van der Waals surface area contributed by atoms with Gasteiger partial charge in [-0.05, 0) is 49.6 Å². The van der Waals surface area contributed by atoms with Crippen molar-refractivity contribution in [1.29, 1.82) is 0 Å². The Hall–Kier alpha value is -3.85. The van der Waals surface area contributed by atoms with E-state index in [1.165, 1.54) is 0 Å². The molecular formula is C26H31N7O2. The first-order valence-corrected chi connectivity index (χ1v) is 12.1. The fraction of sp³-hybridized carbons (Fsp3) is 0.346. The highest BCUT2D eigenvalue weighted by molar-refractivity contribution is 6.13. The maximum Gasteiger partial charge on any atom is 0.326 e. The van der Waals surface area contributed by atoms with Crippen molar-refractivity contribution < 1.29 is 9.59 Å². The molecule has 5 rings (SSSR count). The van der Waals surface area contributed by atoms with Gasteiger partial charge in [-0.1, -0.05) is 38.1 Å². The maximum absolute atomic E-state index is 11.7. The van der Waals surface area contributed by atoms with Gasteiger partial charge in [0, 0.05) is 31.2 Å². The van der Waals surface area contributed by atoms with Crippen molar-refractivity contribution >= 4 is 34.9 Å². The smallest absolute Gasteiger partial charge is 0.326 e. The second-order valence-electron chi connectivity index (χ2n) is 8.30. The monoisotopic (exact) mass is 473 g/mol. The lowest BCUT2D eigenvalue weighted by Gasteiger charge is -2.32. The molecule has 0 radical (unpaired) electrons. The first-order valence-electron chi connectivity index (χ1n) is 12.1. The molecule has 2 saturated heterocycles. The summed E-state index contributed by atoms with van der Waals surface area (Å²) in [7, 11) is 0. The zero-order valence-electron chi connectivity index (χ0n) is 20.1. The molecule has 0 bridgehead atoms. The Bertz CT molecular complexity index is 1220. The Kier molecular flexibility index (Phi) is 7.99. The number of pyridine rings is 1. The zero-order valence-corrected chi connectivity index (χ0v) is 20.1. The first kappa shape index (κ1) is 24.3. The lowest BCUT2D eigenvalue weighted by atomic mass is 9.97. The van der Waals surface area contributed by atoms with Crippen LogP contribution in [0.25, 0.3) is 17.0 Å². The van der Waals surface area contributed by atoms with E-state index in [2.05, 4.69) is 49.0 Å². The third-order valence-electron chi connectivity index (χ3n) is 5.97. The van der Waals surface area contributed by atoms with Gasteiger partial charge < -0.3 is 15.5 Å². The summed E-state index contributed by atoms with van der Waals surface area (Å²) in [6.07, 6.45) is 5.33. The van der Waals surface area contributed by atoms with Gasteiger partial charge in [0.25, 0.3) is 5.91 Å². The Labute approximate surface area is 205 Å². The number of para-hydroxylation sites is 1. The number of urea groups is 1. The number of anilines is 1. The number of hydrogen-bond acceptors (Lipinski definition) is 7. The van der Waals surface area contributed by atoms with Crippen LogP contribution in [0.15, 0.2) is 54.4 Å². The van der Waals surface area contributed by atoms with Gasteiger partial charge in [0.05, 0.1) is 16.9 Å². The molecule has 9 heteroatoms. The SMILES string of the molecule is CC.O=C1NC(=O)/C(=C/c2ccnc(N3CCC(CNCc4ccc5ccccc5n4)CC3)n2)N1. The van der Waals surface area contributed by atoms with E-state index < -0.39 is 11.9 Å². The van der Waals surface area contributed by atoms with E-state index in [0.717, 1.165) is 55.6 Å². The molecule has 3 amide bonds. The van der Waals surface area contributed by atoms with Gasteiger partial charge in [-0.3, -0.25) is 15.1 Å². The Morgan fingerprint density at radius 2 is 1.83 bits per heavy atom. The highest BCUT2D eigenvalue weighted by atomic mass is 16.2. The summed E-state index contributed by atoms with van der Waals surface area (Å²) in [5.41, 5.74) is 2.85. The predicted molar refractivity (Wildman–Crippen MR) is 136 cm³/mol. The number of nitrogens with one attached hydrogen (secondary N) is 3. The summed E-state index contributed by atoms with van der Waals surface area (Å²) in [4.78, 5) is 38.8. The molecule has 3 N–H and O–H groups in total. The van der Waals surface area contributed by atoms with Crippen molar-refractivity contribution in [2.45, 2.75) is 33.2 Å². The summed E-state index contributed by atoms with van der Waals surface area (Å²) in [6, 6.07) is 13.6. The van der Waals surface area contributed by atoms with Gasteiger partial charge in [0.15, 0.2) is 0 Å².